The Bertz CT molecular complexity index is 526. The molecule has 0 unspecified atom stereocenters. The fourth-order valence-corrected chi connectivity index (χ4v) is 1.72. The van der Waals surface area contributed by atoms with Gasteiger partial charge in [-0.15, -0.1) is 12.4 Å². The smallest absolute Gasteiger partial charge is 0.123 e. The first-order valence-electron chi connectivity index (χ1n) is 6.19. The zero-order chi connectivity index (χ0) is 13.5. The van der Waals surface area contributed by atoms with Crippen molar-refractivity contribution in [2.24, 2.45) is 0 Å². The molecule has 0 saturated carbocycles. The summed E-state index contributed by atoms with van der Waals surface area (Å²) in [6.45, 7) is 5.33. The molecule has 2 nitrogen and oxygen atoms in total. The second-order valence-electron chi connectivity index (χ2n) is 4.30. The molecule has 0 radical (unpaired) electrons. The van der Waals surface area contributed by atoms with E-state index >= 15 is 0 Å². The van der Waals surface area contributed by atoms with Crippen molar-refractivity contribution in [1.82, 2.24) is 10.9 Å². The SMILES string of the molecule is C=C(CNNCc1ccccc1)c1ccc(F)cc1.Cl. The predicted molar refractivity (Wildman–Crippen MR) is 84.0 cm³/mol. The fraction of sp³-hybridized carbons (Fsp3) is 0.125. The largest absolute Gasteiger partial charge is 0.253 e. The van der Waals surface area contributed by atoms with Gasteiger partial charge >= 0.3 is 0 Å². The zero-order valence-corrected chi connectivity index (χ0v) is 11.9. The first kappa shape index (κ1) is 16.4. The summed E-state index contributed by atoms with van der Waals surface area (Å²) in [6.07, 6.45) is 0. The van der Waals surface area contributed by atoms with Gasteiger partial charge in [0.25, 0.3) is 0 Å². The van der Waals surface area contributed by atoms with Crippen LogP contribution in [0.2, 0.25) is 0 Å². The van der Waals surface area contributed by atoms with Crippen LogP contribution in [0.5, 0.6) is 0 Å². The number of rotatable bonds is 6. The minimum Gasteiger partial charge on any atom is -0.253 e. The standard InChI is InChI=1S/C16H17FN2.ClH/c1-13(15-7-9-16(17)10-8-15)11-18-19-12-14-5-3-2-4-6-14;/h2-10,18-19H,1,11-12H2;1H. The Hall–Kier alpha value is -1.68. The van der Waals surface area contributed by atoms with Crippen molar-refractivity contribution >= 4 is 18.0 Å². The topological polar surface area (TPSA) is 24.1 Å². The van der Waals surface area contributed by atoms with Crippen LogP contribution in [0.15, 0.2) is 61.2 Å². The maximum absolute atomic E-state index is 12.8. The molecule has 0 aliphatic heterocycles. The Morgan fingerprint density at radius 2 is 1.60 bits per heavy atom. The highest BCUT2D eigenvalue weighted by molar-refractivity contribution is 5.85. The second kappa shape index (κ2) is 8.48. The highest BCUT2D eigenvalue weighted by Crippen LogP contribution is 2.11. The van der Waals surface area contributed by atoms with Crippen LogP contribution in [0.1, 0.15) is 11.1 Å². The molecule has 0 bridgehead atoms. The van der Waals surface area contributed by atoms with Gasteiger partial charge in [0.15, 0.2) is 0 Å². The van der Waals surface area contributed by atoms with Crippen LogP contribution in [-0.4, -0.2) is 6.54 Å². The summed E-state index contributed by atoms with van der Waals surface area (Å²) in [5.74, 6) is -0.230. The number of hydrazine groups is 1. The van der Waals surface area contributed by atoms with E-state index in [9.17, 15) is 4.39 Å². The summed E-state index contributed by atoms with van der Waals surface area (Å²) in [6, 6.07) is 16.5. The van der Waals surface area contributed by atoms with Crippen LogP contribution >= 0.6 is 12.4 Å². The summed E-state index contributed by atoms with van der Waals surface area (Å²) in [5, 5.41) is 0. The number of benzene rings is 2. The minimum absolute atomic E-state index is 0. The molecule has 0 saturated heterocycles. The molecule has 4 heteroatoms. The van der Waals surface area contributed by atoms with Gasteiger partial charge in [-0.25, -0.2) is 4.39 Å². The van der Waals surface area contributed by atoms with Gasteiger partial charge in [0.05, 0.1) is 0 Å². The molecule has 2 aromatic carbocycles. The number of nitrogens with one attached hydrogen (secondary N) is 2. The first-order valence-corrected chi connectivity index (χ1v) is 6.19. The monoisotopic (exact) mass is 292 g/mol. The lowest BCUT2D eigenvalue weighted by atomic mass is 10.1. The van der Waals surface area contributed by atoms with E-state index in [4.69, 9.17) is 0 Å². The molecular formula is C16H18ClFN2. The van der Waals surface area contributed by atoms with Crippen molar-refractivity contribution in [1.29, 1.82) is 0 Å². The molecule has 20 heavy (non-hydrogen) atoms. The van der Waals surface area contributed by atoms with Crippen LogP contribution in [0.4, 0.5) is 4.39 Å². The summed E-state index contributed by atoms with van der Waals surface area (Å²) >= 11 is 0. The molecule has 106 valence electrons. The van der Waals surface area contributed by atoms with Crippen molar-refractivity contribution in [3.63, 3.8) is 0 Å². The predicted octanol–water partition coefficient (Wildman–Crippen LogP) is 3.56. The number of halogens is 2. The molecule has 0 aliphatic rings. The third-order valence-corrected chi connectivity index (χ3v) is 2.81. The van der Waals surface area contributed by atoms with E-state index < -0.39 is 0 Å². The Kier molecular flexibility index (Phi) is 6.94. The average Bonchev–Trinajstić information content (AvgIpc) is 2.45. The molecule has 0 aromatic heterocycles. The summed E-state index contributed by atoms with van der Waals surface area (Å²) in [7, 11) is 0. The maximum Gasteiger partial charge on any atom is 0.123 e. The lowest BCUT2D eigenvalue weighted by Gasteiger charge is -2.09. The minimum atomic E-state index is -0.230. The van der Waals surface area contributed by atoms with Crippen molar-refractivity contribution in [3.05, 3.63) is 78.1 Å². The van der Waals surface area contributed by atoms with Crippen molar-refractivity contribution < 1.29 is 4.39 Å². The van der Waals surface area contributed by atoms with Gasteiger partial charge < -0.3 is 0 Å². The van der Waals surface area contributed by atoms with Gasteiger partial charge in [-0.05, 0) is 28.8 Å². The molecule has 2 N–H and O–H groups in total. The summed E-state index contributed by atoms with van der Waals surface area (Å²) in [4.78, 5) is 0. The molecule has 2 aromatic rings. The average molecular weight is 293 g/mol. The van der Waals surface area contributed by atoms with E-state index in [0.29, 0.717) is 6.54 Å². The van der Waals surface area contributed by atoms with E-state index in [0.717, 1.165) is 17.7 Å². The number of hydrogen-bond donors (Lipinski definition) is 2. The molecule has 0 spiro atoms. The molecule has 2 rings (SSSR count). The second-order valence-corrected chi connectivity index (χ2v) is 4.30. The van der Waals surface area contributed by atoms with Crippen LogP contribution in [0.3, 0.4) is 0 Å². The molecule has 0 fully saturated rings. The van der Waals surface area contributed by atoms with Crippen molar-refractivity contribution in [2.45, 2.75) is 6.54 Å². The van der Waals surface area contributed by atoms with Gasteiger partial charge in [0.1, 0.15) is 5.82 Å². The van der Waals surface area contributed by atoms with Crippen LogP contribution < -0.4 is 10.9 Å². The quantitative estimate of drug-likeness (QED) is 0.628. The van der Waals surface area contributed by atoms with E-state index in [-0.39, 0.29) is 18.2 Å². The van der Waals surface area contributed by atoms with E-state index in [1.54, 1.807) is 12.1 Å². The first-order chi connectivity index (χ1) is 9.25. The van der Waals surface area contributed by atoms with Gasteiger partial charge in [-0.1, -0.05) is 49.0 Å². The highest BCUT2D eigenvalue weighted by atomic mass is 35.5. The molecule has 0 amide bonds. The lowest BCUT2D eigenvalue weighted by Crippen LogP contribution is -2.32. The van der Waals surface area contributed by atoms with Gasteiger partial charge in [-0.3, -0.25) is 10.9 Å². The third-order valence-electron chi connectivity index (χ3n) is 2.81. The Morgan fingerprint density at radius 3 is 2.25 bits per heavy atom. The summed E-state index contributed by atoms with van der Waals surface area (Å²) in [5.41, 5.74) is 9.30. The maximum atomic E-state index is 12.8. The molecule has 0 heterocycles. The third kappa shape index (κ3) is 5.13. The molecule has 0 aliphatic carbocycles. The van der Waals surface area contributed by atoms with Crippen molar-refractivity contribution in [3.8, 4) is 0 Å². The van der Waals surface area contributed by atoms with E-state index in [1.165, 1.54) is 17.7 Å². The van der Waals surface area contributed by atoms with Crippen molar-refractivity contribution in [2.75, 3.05) is 6.54 Å². The highest BCUT2D eigenvalue weighted by Gasteiger charge is 1.99. The van der Waals surface area contributed by atoms with Gasteiger partial charge in [-0.2, -0.15) is 0 Å². The Morgan fingerprint density at radius 1 is 0.950 bits per heavy atom. The summed E-state index contributed by atoms with van der Waals surface area (Å²) < 4.78 is 12.8. The van der Waals surface area contributed by atoms with E-state index in [2.05, 4.69) is 29.6 Å². The lowest BCUT2D eigenvalue weighted by molar-refractivity contribution is 0.571. The molecular weight excluding hydrogens is 275 g/mol. The van der Waals surface area contributed by atoms with Gasteiger partial charge in [0, 0.05) is 13.1 Å². The molecule has 0 atom stereocenters. The van der Waals surface area contributed by atoms with Crippen LogP contribution in [0.25, 0.3) is 5.57 Å². The van der Waals surface area contributed by atoms with Crippen LogP contribution in [0, 0.1) is 5.82 Å². The van der Waals surface area contributed by atoms with Crippen LogP contribution in [-0.2, 0) is 6.54 Å². The Labute approximate surface area is 125 Å². The fourth-order valence-electron chi connectivity index (χ4n) is 1.72. The normalized spacial score (nSPS) is 9.85. The Balaban J connectivity index is 0.00000200. The zero-order valence-electron chi connectivity index (χ0n) is 11.1. The van der Waals surface area contributed by atoms with E-state index in [1.807, 2.05) is 18.2 Å². The van der Waals surface area contributed by atoms with Gasteiger partial charge in [0.2, 0.25) is 0 Å². The number of hydrogen-bond acceptors (Lipinski definition) is 2.